The smallest absolute Gasteiger partial charge is 0.410 e. The molecule has 3 aromatic rings. The first-order chi connectivity index (χ1) is 17.0. The van der Waals surface area contributed by atoms with Crippen molar-refractivity contribution in [3.63, 3.8) is 0 Å². The first-order valence-corrected chi connectivity index (χ1v) is 13.6. The van der Waals surface area contributed by atoms with Crippen LogP contribution in [0.2, 0.25) is 0 Å². The Bertz CT molecular complexity index is 1380. The number of anilines is 1. The molecule has 192 valence electrons. The summed E-state index contributed by atoms with van der Waals surface area (Å²) in [7, 11) is -3.79. The molecule has 2 fully saturated rings. The summed E-state index contributed by atoms with van der Waals surface area (Å²) in [6.07, 6.45) is 3.57. The number of ether oxygens (including phenoxy) is 1. The predicted octanol–water partition coefficient (Wildman–Crippen LogP) is 3.49. The number of nitrogens with zero attached hydrogens (tertiary/aromatic N) is 5. The number of hydrogen-bond acceptors (Lipinski definition) is 8. The van der Waals surface area contributed by atoms with Crippen LogP contribution in [0.15, 0.2) is 47.8 Å². The van der Waals surface area contributed by atoms with Gasteiger partial charge in [-0.05, 0) is 64.2 Å². The van der Waals surface area contributed by atoms with Gasteiger partial charge in [-0.1, -0.05) is 17.7 Å². The summed E-state index contributed by atoms with van der Waals surface area (Å²) in [4.78, 5) is 23.2. The van der Waals surface area contributed by atoms with Gasteiger partial charge in [-0.2, -0.15) is 0 Å². The molecule has 0 radical (unpaired) electrons. The Morgan fingerprint density at radius 3 is 2.50 bits per heavy atom. The molecule has 2 aromatic heterocycles. The quantitative estimate of drug-likeness (QED) is 0.566. The zero-order valence-electron chi connectivity index (χ0n) is 21.0. The largest absolute Gasteiger partial charge is 0.444 e. The number of hydrogen-bond donors (Lipinski definition) is 1. The highest BCUT2D eigenvalue weighted by molar-refractivity contribution is 7.90. The van der Waals surface area contributed by atoms with Crippen molar-refractivity contribution in [2.24, 2.45) is 11.8 Å². The molecule has 2 saturated heterocycles. The minimum atomic E-state index is -3.79. The molecule has 1 amide bonds. The van der Waals surface area contributed by atoms with Crippen LogP contribution in [0.25, 0.3) is 11.0 Å². The van der Waals surface area contributed by atoms with E-state index >= 15 is 0 Å². The zero-order valence-corrected chi connectivity index (χ0v) is 21.8. The van der Waals surface area contributed by atoms with Gasteiger partial charge < -0.3 is 15.1 Å². The molecule has 2 aliphatic rings. The molecule has 5 rings (SSSR count). The molecule has 2 unspecified atom stereocenters. The Balaban J connectivity index is 1.31. The lowest BCUT2D eigenvalue weighted by molar-refractivity contribution is 0.0284. The van der Waals surface area contributed by atoms with E-state index in [9.17, 15) is 13.2 Å². The number of carbonyl (C=O) groups excluding carboxylic acids is 1. The third kappa shape index (κ3) is 4.77. The van der Waals surface area contributed by atoms with Crippen molar-refractivity contribution >= 4 is 33.0 Å². The zero-order chi connectivity index (χ0) is 25.7. The third-order valence-corrected chi connectivity index (χ3v) is 8.42. The third-order valence-electron chi connectivity index (χ3n) is 6.74. The van der Waals surface area contributed by atoms with Crippen molar-refractivity contribution in [2.75, 3.05) is 31.6 Å². The number of likely N-dealkylation sites (tertiary alicyclic amines) is 1. The maximum Gasteiger partial charge on any atom is 0.410 e. The summed E-state index contributed by atoms with van der Waals surface area (Å²) < 4.78 is 33.2. The SMILES string of the molecule is Cc1ccc(S(=O)(=O)n2ccc3c(NN4CCC5CN(C(=O)OC(C)(C)C)CC5C4)ncnc32)cc1. The minimum absolute atomic E-state index is 0.205. The van der Waals surface area contributed by atoms with Crippen molar-refractivity contribution in [1.29, 1.82) is 0 Å². The maximum atomic E-state index is 13.2. The molecular weight excluding hydrogens is 480 g/mol. The van der Waals surface area contributed by atoms with Crippen molar-refractivity contribution in [3.8, 4) is 0 Å². The van der Waals surface area contributed by atoms with Crippen LogP contribution in [0.5, 0.6) is 0 Å². The average molecular weight is 513 g/mol. The van der Waals surface area contributed by atoms with Gasteiger partial charge in [-0.25, -0.2) is 32.2 Å². The van der Waals surface area contributed by atoms with Gasteiger partial charge in [-0.3, -0.25) is 0 Å². The Labute approximate surface area is 211 Å². The van der Waals surface area contributed by atoms with Gasteiger partial charge >= 0.3 is 6.09 Å². The Hall–Kier alpha value is -3.18. The number of aromatic nitrogens is 3. The van der Waals surface area contributed by atoms with E-state index in [4.69, 9.17) is 4.74 Å². The number of rotatable bonds is 4. The molecule has 0 spiro atoms. The molecule has 0 aliphatic carbocycles. The van der Waals surface area contributed by atoms with Gasteiger partial charge in [0.25, 0.3) is 10.0 Å². The molecule has 36 heavy (non-hydrogen) atoms. The number of hydrazine groups is 1. The normalized spacial score (nSPS) is 20.9. The summed E-state index contributed by atoms with van der Waals surface area (Å²) in [5.41, 5.74) is 4.16. The first kappa shape index (κ1) is 24.5. The Kier molecular flexibility index (Phi) is 6.16. The van der Waals surface area contributed by atoms with Gasteiger partial charge in [0.2, 0.25) is 0 Å². The molecule has 0 bridgehead atoms. The van der Waals surface area contributed by atoms with Crippen LogP contribution < -0.4 is 5.43 Å². The fraction of sp³-hybridized carbons (Fsp3) is 0.480. The lowest BCUT2D eigenvalue weighted by Gasteiger charge is -2.34. The fourth-order valence-corrected chi connectivity index (χ4v) is 6.23. The highest BCUT2D eigenvalue weighted by Gasteiger charge is 2.40. The molecule has 11 heteroatoms. The number of fused-ring (bicyclic) bond motifs is 2. The molecule has 1 N–H and O–H groups in total. The lowest BCUT2D eigenvalue weighted by Crippen LogP contribution is -2.43. The molecule has 1 aromatic carbocycles. The van der Waals surface area contributed by atoms with Gasteiger partial charge in [0.05, 0.1) is 10.3 Å². The summed E-state index contributed by atoms with van der Waals surface area (Å²) >= 11 is 0. The van der Waals surface area contributed by atoms with Gasteiger partial charge in [0.15, 0.2) is 11.5 Å². The standard InChI is InChI=1S/C25H32N6O4S/c1-17-5-7-20(8-6-17)36(33,34)31-12-10-21-22(26-16-27-23(21)31)28-30-11-9-18-13-29(14-19(18)15-30)24(32)35-25(2,3)4/h5-8,10,12,16,18-19H,9,11,13-15H2,1-4H3,(H,26,27,28). The number of aryl methyl sites for hydroxylation is 1. The van der Waals surface area contributed by atoms with Crippen LogP contribution in [-0.4, -0.2) is 70.1 Å². The highest BCUT2D eigenvalue weighted by Crippen LogP contribution is 2.33. The van der Waals surface area contributed by atoms with E-state index in [0.29, 0.717) is 41.8 Å². The Morgan fingerprint density at radius 2 is 1.78 bits per heavy atom. The number of nitrogens with one attached hydrogen (secondary N) is 1. The van der Waals surface area contributed by atoms with Gasteiger partial charge in [0.1, 0.15) is 11.9 Å². The summed E-state index contributed by atoms with van der Waals surface area (Å²) in [6.45, 7) is 10.4. The number of benzene rings is 1. The predicted molar refractivity (Wildman–Crippen MR) is 136 cm³/mol. The van der Waals surface area contributed by atoms with Crippen LogP contribution in [0.3, 0.4) is 0 Å². The van der Waals surface area contributed by atoms with E-state index in [1.165, 1.54) is 16.5 Å². The molecule has 2 atom stereocenters. The van der Waals surface area contributed by atoms with Gasteiger partial charge in [-0.15, -0.1) is 0 Å². The van der Waals surface area contributed by atoms with E-state index in [0.717, 1.165) is 25.1 Å². The second-order valence-electron chi connectivity index (χ2n) is 10.6. The van der Waals surface area contributed by atoms with Crippen molar-refractivity contribution in [3.05, 3.63) is 48.4 Å². The van der Waals surface area contributed by atoms with E-state index in [1.54, 1.807) is 30.3 Å². The Morgan fingerprint density at radius 1 is 1.06 bits per heavy atom. The van der Waals surface area contributed by atoms with E-state index in [1.807, 2.05) is 32.6 Å². The van der Waals surface area contributed by atoms with Crippen LogP contribution in [-0.2, 0) is 14.8 Å². The highest BCUT2D eigenvalue weighted by atomic mass is 32.2. The summed E-state index contributed by atoms with van der Waals surface area (Å²) in [5.74, 6) is 1.31. The first-order valence-electron chi connectivity index (χ1n) is 12.1. The van der Waals surface area contributed by atoms with Crippen molar-refractivity contribution in [1.82, 2.24) is 23.8 Å². The summed E-state index contributed by atoms with van der Waals surface area (Å²) in [5, 5.41) is 2.71. The van der Waals surface area contributed by atoms with Crippen LogP contribution in [0, 0.1) is 18.8 Å². The fourth-order valence-electron chi connectivity index (χ4n) is 4.93. The van der Waals surface area contributed by atoms with Crippen LogP contribution >= 0.6 is 0 Å². The lowest BCUT2D eigenvalue weighted by atomic mass is 9.89. The van der Waals surface area contributed by atoms with E-state index < -0.39 is 15.6 Å². The molecule has 2 aliphatic heterocycles. The summed E-state index contributed by atoms with van der Waals surface area (Å²) in [6, 6.07) is 8.47. The van der Waals surface area contributed by atoms with Crippen molar-refractivity contribution < 1.29 is 17.9 Å². The second kappa shape index (κ2) is 9.04. The average Bonchev–Trinajstić information content (AvgIpc) is 3.43. The molecule has 4 heterocycles. The van der Waals surface area contributed by atoms with Crippen LogP contribution in [0.4, 0.5) is 10.6 Å². The van der Waals surface area contributed by atoms with E-state index in [-0.39, 0.29) is 11.0 Å². The molecular formula is C25H32N6O4S. The molecule has 0 saturated carbocycles. The minimum Gasteiger partial charge on any atom is -0.444 e. The van der Waals surface area contributed by atoms with E-state index in [2.05, 4.69) is 20.4 Å². The maximum absolute atomic E-state index is 13.2. The monoisotopic (exact) mass is 512 g/mol. The second-order valence-corrected chi connectivity index (χ2v) is 12.5. The topological polar surface area (TPSA) is 110 Å². The number of amides is 1. The molecule has 10 nitrogen and oxygen atoms in total. The van der Waals surface area contributed by atoms with Crippen molar-refractivity contribution in [2.45, 2.75) is 44.6 Å². The number of piperidine rings is 1. The number of carbonyl (C=O) groups is 1. The van der Waals surface area contributed by atoms with Gasteiger partial charge in [0, 0.05) is 32.4 Å². The van der Waals surface area contributed by atoms with Crippen LogP contribution in [0.1, 0.15) is 32.8 Å².